The van der Waals surface area contributed by atoms with Crippen molar-refractivity contribution in [3.05, 3.63) is 333 Å². The zero-order chi connectivity index (χ0) is 65.0. The molecular formula is C80H78N2O8. The molecule has 0 spiro atoms. The van der Waals surface area contributed by atoms with Gasteiger partial charge in [0.1, 0.15) is 11.5 Å². The molecule has 0 saturated carbocycles. The van der Waals surface area contributed by atoms with Crippen molar-refractivity contribution in [1.82, 2.24) is 9.97 Å². The van der Waals surface area contributed by atoms with Crippen molar-refractivity contribution >= 4 is 23.9 Å². The zero-order valence-corrected chi connectivity index (χ0v) is 53.4. The van der Waals surface area contributed by atoms with Crippen molar-refractivity contribution in [1.29, 1.82) is 0 Å². The highest BCUT2D eigenvalue weighted by Gasteiger charge is 2.10. The third kappa shape index (κ3) is 23.1. The van der Waals surface area contributed by atoms with Crippen molar-refractivity contribution in [2.45, 2.75) is 69.2 Å². The maximum atomic E-state index is 11.8. The summed E-state index contributed by atoms with van der Waals surface area (Å²) < 4.78 is 19.7. The number of aromatic nitrogens is 2. The lowest BCUT2D eigenvalue weighted by atomic mass is 10.0. The van der Waals surface area contributed by atoms with E-state index in [1.807, 2.05) is 139 Å². The van der Waals surface area contributed by atoms with Gasteiger partial charge in [-0.1, -0.05) is 220 Å². The van der Waals surface area contributed by atoms with Crippen molar-refractivity contribution < 1.29 is 38.1 Å². The maximum absolute atomic E-state index is 11.8. The number of hydrogen-bond acceptors (Lipinski definition) is 10. The standard InChI is InChI=1S/3C15H14O2.C14H14.C12H12N2.C9H10O2/c2*1-11-3-7-13(8-4-11)15(16)17-14-9-5-12(2)6-10-14;1-11-3-5-12(6-4-11)13-7-9-14(10-8-13)15(16)17-2;1-11-3-7-13(8-4-11)14-9-5-12(2)6-10-14;1-9-3-5-11(6-4-9)12-13-7-10(2)8-14-12;1-7-3-5-8(6-4-7)9(10)11-2/h3*3-10H,1-2H3;3-10H,1-2H3;3-8H,1-2H3;3-6H,1-2H3. The lowest BCUT2D eigenvalue weighted by molar-refractivity contribution is 0.0592. The highest BCUT2D eigenvalue weighted by atomic mass is 16.5. The van der Waals surface area contributed by atoms with E-state index in [2.05, 4.69) is 132 Å². The Labute approximate surface area is 530 Å². The summed E-state index contributed by atoms with van der Waals surface area (Å²) in [7, 11) is 2.76. The number of rotatable bonds is 9. The molecule has 456 valence electrons. The summed E-state index contributed by atoms with van der Waals surface area (Å²) in [6.45, 7) is 20.3. The number of methoxy groups -OCH3 is 2. The lowest BCUT2D eigenvalue weighted by Crippen LogP contribution is -2.08. The first-order valence-electron chi connectivity index (χ1n) is 29.4. The minimum Gasteiger partial charge on any atom is -0.465 e. The molecule has 1 aromatic heterocycles. The van der Waals surface area contributed by atoms with Crippen LogP contribution in [-0.4, -0.2) is 48.1 Å². The summed E-state index contributed by atoms with van der Waals surface area (Å²) in [5, 5.41) is 0. The predicted octanol–water partition coefficient (Wildman–Crippen LogP) is 19.0. The van der Waals surface area contributed by atoms with Crippen LogP contribution in [0.4, 0.5) is 0 Å². The molecule has 11 aromatic rings. The molecule has 0 aliphatic carbocycles. The van der Waals surface area contributed by atoms with E-state index in [1.165, 1.54) is 47.6 Å². The molecule has 0 aliphatic heterocycles. The van der Waals surface area contributed by atoms with Crippen molar-refractivity contribution in [3.63, 3.8) is 0 Å². The number of carbonyl (C=O) groups is 4. The second-order valence-electron chi connectivity index (χ2n) is 21.6. The summed E-state index contributed by atoms with van der Waals surface area (Å²) in [6.07, 6.45) is 3.67. The average Bonchev–Trinajstić information content (AvgIpc) is 3.45. The summed E-state index contributed by atoms with van der Waals surface area (Å²) in [4.78, 5) is 54.3. The van der Waals surface area contributed by atoms with Crippen LogP contribution in [0.15, 0.2) is 255 Å². The smallest absolute Gasteiger partial charge is 0.343 e. The summed E-state index contributed by atoms with van der Waals surface area (Å²) in [6, 6.07) is 77.9. The van der Waals surface area contributed by atoms with Gasteiger partial charge in [-0.2, -0.15) is 0 Å². The molecule has 0 aliphatic rings. The zero-order valence-electron chi connectivity index (χ0n) is 53.4. The molecule has 10 nitrogen and oxygen atoms in total. The predicted molar refractivity (Wildman–Crippen MR) is 363 cm³/mol. The van der Waals surface area contributed by atoms with Gasteiger partial charge < -0.3 is 18.9 Å². The third-order valence-corrected chi connectivity index (χ3v) is 13.7. The first kappa shape index (κ1) is 68.3. The van der Waals surface area contributed by atoms with Gasteiger partial charge in [0, 0.05) is 18.0 Å². The highest BCUT2D eigenvalue weighted by Crippen LogP contribution is 2.23. The van der Waals surface area contributed by atoms with Crippen LogP contribution in [0, 0.1) is 69.2 Å². The van der Waals surface area contributed by atoms with E-state index >= 15 is 0 Å². The highest BCUT2D eigenvalue weighted by molar-refractivity contribution is 5.92. The number of benzene rings is 10. The molecule has 10 heteroatoms. The van der Waals surface area contributed by atoms with Crippen LogP contribution in [0.1, 0.15) is 97.1 Å². The number of ether oxygens (including phenoxy) is 4. The van der Waals surface area contributed by atoms with Crippen LogP contribution in [0.2, 0.25) is 0 Å². The van der Waals surface area contributed by atoms with Crippen LogP contribution in [0.25, 0.3) is 33.6 Å². The fraction of sp³-hybridized carbons (Fsp3) is 0.150. The van der Waals surface area contributed by atoms with E-state index in [9.17, 15) is 19.2 Å². The molecular weight excluding hydrogens is 1120 g/mol. The van der Waals surface area contributed by atoms with Gasteiger partial charge in [0.15, 0.2) is 5.82 Å². The number of esters is 4. The lowest BCUT2D eigenvalue weighted by Gasteiger charge is -2.04. The van der Waals surface area contributed by atoms with Crippen molar-refractivity contribution in [3.8, 4) is 45.1 Å². The van der Waals surface area contributed by atoms with Gasteiger partial charge in [-0.05, 0) is 170 Å². The molecule has 0 amide bonds. The van der Waals surface area contributed by atoms with Crippen molar-refractivity contribution in [2.24, 2.45) is 0 Å². The Morgan fingerprint density at radius 3 is 0.667 bits per heavy atom. The van der Waals surface area contributed by atoms with Gasteiger partial charge in [-0.15, -0.1) is 0 Å². The van der Waals surface area contributed by atoms with E-state index < -0.39 is 0 Å². The normalized spacial score (nSPS) is 9.96. The topological polar surface area (TPSA) is 131 Å². The molecule has 0 radical (unpaired) electrons. The van der Waals surface area contributed by atoms with Gasteiger partial charge in [0.2, 0.25) is 0 Å². The van der Waals surface area contributed by atoms with E-state index in [1.54, 1.807) is 72.8 Å². The largest absolute Gasteiger partial charge is 0.465 e. The van der Waals surface area contributed by atoms with Gasteiger partial charge in [-0.3, -0.25) is 0 Å². The SMILES string of the molecule is COC(=O)c1ccc(-c2ccc(C)cc2)cc1.COC(=O)c1ccc(C)cc1.Cc1ccc(-c2ccc(C)cc2)cc1.Cc1ccc(-c2ncc(C)cn2)cc1.Cc1ccc(OC(=O)c2ccc(C)cc2)cc1.Cc1ccc(OC(=O)c2ccc(C)cc2)cc1. The van der Waals surface area contributed by atoms with Crippen LogP contribution >= 0.6 is 0 Å². The average molecular weight is 1200 g/mol. The second-order valence-corrected chi connectivity index (χ2v) is 21.6. The molecule has 0 atom stereocenters. The summed E-state index contributed by atoms with van der Waals surface area (Å²) >= 11 is 0. The minimum absolute atomic E-state index is 0.287. The van der Waals surface area contributed by atoms with Crippen LogP contribution in [0.5, 0.6) is 11.5 Å². The summed E-state index contributed by atoms with van der Waals surface area (Å²) in [5.41, 5.74) is 20.0. The molecule has 11 rings (SSSR count). The molecule has 1 heterocycles. The first-order chi connectivity index (χ1) is 43.2. The first-order valence-corrected chi connectivity index (χ1v) is 29.4. The molecule has 0 N–H and O–H groups in total. The molecule has 10 aromatic carbocycles. The fourth-order valence-electron chi connectivity index (χ4n) is 8.13. The van der Waals surface area contributed by atoms with E-state index in [0.717, 1.165) is 55.9 Å². The Kier molecular flexibility index (Phi) is 26.6. The van der Waals surface area contributed by atoms with E-state index in [-0.39, 0.29) is 23.9 Å². The molecule has 0 unspecified atom stereocenters. The molecule has 0 saturated heterocycles. The quantitative estimate of drug-likeness (QED) is 0.102. The van der Waals surface area contributed by atoms with Gasteiger partial charge >= 0.3 is 23.9 Å². The molecule has 0 fully saturated rings. The Bertz CT molecular complexity index is 3700. The minimum atomic E-state index is -0.325. The Balaban J connectivity index is 0.000000173. The number of hydrogen-bond donors (Lipinski definition) is 0. The monoisotopic (exact) mass is 1190 g/mol. The Morgan fingerprint density at radius 1 is 0.233 bits per heavy atom. The second kappa shape index (κ2) is 35.1. The van der Waals surface area contributed by atoms with E-state index in [4.69, 9.17) is 9.47 Å². The fourth-order valence-corrected chi connectivity index (χ4v) is 8.13. The number of aryl methyl sites for hydroxylation is 10. The van der Waals surface area contributed by atoms with Gasteiger partial charge in [0.25, 0.3) is 0 Å². The Morgan fingerprint density at radius 2 is 0.422 bits per heavy atom. The Hall–Kier alpha value is -10.8. The number of carbonyl (C=O) groups excluding carboxylic acids is 4. The van der Waals surface area contributed by atoms with Crippen LogP contribution in [-0.2, 0) is 9.47 Å². The van der Waals surface area contributed by atoms with Crippen LogP contribution < -0.4 is 9.47 Å². The van der Waals surface area contributed by atoms with Crippen LogP contribution in [0.3, 0.4) is 0 Å². The number of nitrogens with zero attached hydrogens (tertiary/aromatic N) is 2. The molecule has 0 bridgehead atoms. The van der Waals surface area contributed by atoms with E-state index in [0.29, 0.717) is 33.8 Å². The third-order valence-electron chi connectivity index (χ3n) is 13.7. The summed E-state index contributed by atoms with van der Waals surface area (Å²) in [5.74, 6) is 0.686. The van der Waals surface area contributed by atoms with Gasteiger partial charge in [0.05, 0.1) is 36.5 Å². The maximum Gasteiger partial charge on any atom is 0.343 e. The molecule has 90 heavy (non-hydrogen) atoms. The van der Waals surface area contributed by atoms with Crippen molar-refractivity contribution in [2.75, 3.05) is 14.2 Å². The van der Waals surface area contributed by atoms with Gasteiger partial charge in [-0.25, -0.2) is 29.1 Å².